The van der Waals surface area contributed by atoms with Crippen molar-refractivity contribution >= 4 is 17.5 Å². The van der Waals surface area contributed by atoms with Gasteiger partial charge in [0, 0.05) is 25.1 Å². The minimum absolute atomic E-state index is 0.194. The summed E-state index contributed by atoms with van der Waals surface area (Å²) in [4.78, 5) is 24.0. The molecular weight excluding hydrogens is 308 g/mol. The van der Waals surface area contributed by atoms with E-state index in [1.807, 2.05) is 32.0 Å². The summed E-state index contributed by atoms with van der Waals surface area (Å²) in [6.07, 6.45) is 3.84. The van der Waals surface area contributed by atoms with Crippen LogP contribution >= 0.6 is 0 Å². The van der Waals surface area contributed by atoms with E-state index in [2.05, 4.69) is 10.6 Å². The van der Waals surface area contributed by atoms with E-state index in [1.165, 1.54) is 0 Å². The second-order valence-corrected chi connectivity index (χ2v) is 6.65. The Morgan fingerprint density at radius 2 is 1.96 bits per heavy atom. The molecule has 6 heteroatoms. The molecule has 1 heterocycles. The average molecular weight is 332 g/mol. The summed E-state index contributed by atoms with van der Waals surface area (Å²) in [6.45, 7) is 4.56. The van der Waals surface area contributed by atoms with Gasteiger partial charge in [-0.05, 0) is 43.9 Å². The highest BCUT2D eigenvalue weighted by molar-refractivity contribution is 6.39. The van der Waals surface area contributed by atoms with Crippen LogP contribution in [0.1, 0.15) is 36.8 Å². The Morgan fingerprint density at radius 1 is 1.21 bits per heavy atom. The summed E-state index contributed by atoms with van der Waals surface area (Å²) >= 11 is 0. The summed E-state index contributed by atoms with van der Waals surface area (Å²) < 4.78 is 11.7. The molecule has 6 nitrogen and oxygen atoms in total. The van der Waals surface area contributed by atoms with Gasteiger partial charge in [0.15, 0.2) is 5.79 Å². The highest BCUT2D eigenvalue weighted by Gasteiger charge is 2.43. The number of anilines is 1. The molecule has 2 amide bonds. The van der Waals surface area contributed by atoms with E-state index >= 15 is 0 Å². The molecule has 1 aliphatic heterocycles. The Balaban J connectivity index is 1.48. The van der Waals surface area contributed by atoms with Crippen LogP contribution in [-0.2, 0) is 19.1 Å². The van der Waals surface area contributed by atoms with Gasteiger partial charge in [-0.15, -0.1) is 0 Å². The Kier molecular flexibility index (Phi) is 4.87. The van der Waals surface area contributed by atoms with Crippen LogP contribution in [0.15, 0.2) is 18.2 Å². The van der Waals surface area contributed by atoms with Gasteiger partial charge in [-0.2, -0.15) is 0 Å². The number of aryl methyl sites for hydroxylation is 2. The van der Waals surface area contributed by atoms with Crippen molar-refractivity contribution in [2.24, 2.45) is 0 Å². The zero-order valence-corrected chi connectivity index (χ0v) is 14.2. The molecule has 0 bridgehead atoms. The average Bonchev–Trinajstić information content (AvgIpc) is 3.18. The van der Waals surface area contributed by atoms with Gasteiger partial charge >= 0.3 is 11.8 Å². The van der Waals surface area contributed by atoms with E-state index in [1.54, 1.807) is 0 Å². The minimum Gasteiger partial charge on any atom is -0.347 e. The molecule has 1 spiro atoms. The molecule has 0 unspecified atom stereocenters. The second kappa shape index (κ2) is 6.91. The predicted molar refractivity (Wildman–Crippen MR) is 89.6 cm³/mol. The topological polar surface area (TPSA) is 76.7 Å². The summed E-state index contributed by atoms with van der Waals surface area (Å²) in [5.41, 5.74) is 2.59. The first-order chi connectivity index (χ1) is 11.5. The maximum atomic E-state index is 12.0. The summed E-state index contributed by atoms with van der Waals surface area (Å²) in [5, 5.41) is 5.28. The lowest BCUT2D eigenvalue weighted by molar-refractivity contribution is -0.161. The molecule has 1 aliphatic carbocycles. The third-order valence-electron chi connectivity index (χ3n) is 4.62. The van der Waals surface area contributed by atoms with E-state index in [9.17, 15) is 9.59 Å². The number of nitrogens with one attached hydrogen (secondary N) is 2. The van der Waals surface area contributed by atoms with Gasteiger partial charge in [0.1, 0.15) is 6.10 Å². The molecule has 1 atom stereocenters. The molecular formula is C18H24N2O4. The molecule has 1 aromatic rings. The van der Waals surface area contributed by atoms with Crippen molar-refractivity contribution in [3.63, 3.8) is 0 Å². The van der Waals surface area contributed by atoms with E-state index in [4.69, 9.17) is 9.47 Å². The minimum atomic E-state index is -0.668. The highest BCUT2D eigenvalue weighted by Crippen LogP contribution is 2.38. The number of carbonyl (C=O) groups is 2. The van der Waals surface area contributed by atoms with Crippen LogP contribution in [0, 0.1) is 13.8 Å². The van der Waals surface area contributed by atoms with Crippen molar-refractivity contribution in [1.29, 1.82) is 0 Å². The first kappa shape index (κ1) is 16.9. The number of benzene rings is 1. The standard InChI is InChI=1S/C18H24N2O4/c1-12-5-6-13(2)15(9-12)20-17(22)16(21)19-10-14-11-23-18(24-14)7-3-4-8-18/h5-6,9,14H,3-4,7-8,10-11H2,1-2H3,(H,19,21)(H,20,22)/t14-/m1/s1. The van der Waals surface area contributed by atoms with Gasteiger partial charge in [0.2, 0.25) is 0 Å². The van der Waals surface area contributed by atoms with Gasteiger partial charge in [0.25, 0.3) is 0 Å². The van der Waals surface area contributed by atoms with Crippen molar-refractivity contribution in [2.45, 2.75) is 51.4 Å². The molecule has 1 aromatic carbocycles. The monoisotopic (exact) mass is 332 g/mol. The van der Waals surface area contributed by atoms with Crippen LogP contribution in [0.4, 0.5) is 5.69 Å². The Hall–Kier alpha value is -1.92. The van der Waals surface area contributed by atoms with Crippen molar-refractivity contribution in [1.82, 2.24) is 5.32 Å². The second-order valence-electron chi connectivity index (χ2n) is 6.65. The third kappa shape index (κ3) is 3.76. The molecule has 1 saturated heterocycles. The summed E-state index contributed by atoms with van der Waals surface area (Å²) in [5.74, 6) is -1.78. The lowest BCUT2D eigenvalue weighted by atomic mass is 10.1. The highest BCUT2D eigenvalue weighted by atomic mass is 16.7. The zero-order valence-electron chi connectivity index (χ0n) is 14.2. The molecule has 2 fully saturated rings. The third-order valence-corrected chi connectivity index (χ3v) is 4.62. The van der Waals surface area contributed by atoms with Gasteiger partial charge in [0.05, 0.1) is 6.61 Å². The summed E-state index contributed by atoms with van der Waals surface area (Å²) in [7, 11) is 0. The van der Waals surface area contributed by atoms with E-state index in [0.29, 0.717) is 12.3 Å². The molecule has 24 heavy (non-hydrogen) atoms. The normalized spacial score (nSPS) is 21.8. The maximum Gasteiger partial charge on any atom is 0.313 e. The predicted octanol–water partition coefficient (Wildman–Crippen LogP) is 2.04. The summed E-state index contributed by atoms with van der Waals surface area (Å²) in [6, 6.07) is 5.72. The molecule has 3 rings (SSSR count). The smallest absolute Gasteiger partial charge is 0.313 e. The largest absolute Gasteiger partial charge is 0.347 e. The lowest BCUT2D eigenvalue weighted by Gasteiger charge is -2.21. The molecule has 130 valence electrons. The molecule has 2 aliphatic rings. The number of amides is 2. The van der Waals surface area contributed by atoms with Gasteiger partial charge in [-0.25, -0.2) is 0 Å². The van der Waals surface area contributed by atoms with Gasteiger partial charge < -0.3 is 20.1 Å². The van der Waals surface area contributed by atoms with Gasteiger partial charge in [-0.3, -0.25) is 9.59 Å². The Morgan fingerprint density at radius 3 is 2.71 bits per heavy atom. The van der Waals surface area contributed by atoms with Crippen LogP contribution < -0.4 is 10.6 Å². The van der Waals surface area contributed by atoms with Crippen LogP contribution in [-0.4, -0.2) is 36.9 Å². The Labute approximate surface area is 141 Å². The number of carbonyl (C=O) groups excluding carboxylic acids is 2. The molecule has 2 N–H and O–H groups in total. The Bertz CT molecular complexity index is 638. The first-order valence-corrected chi connectivity index (χ1v) is 8.46. The van der Waals surface area contributed by atoms with Crippen LogP contribution in [0.5, 0.6) is 0 Å². The van der Waals surface area contributed by atoms with Crippen molar-refractivity contribution < 1.29 is 19.1 Å². The van der Waals surface area contributed by atoms with Crippen LogP contribution in [0.2, 0.25) is 0 Å². The van der Waals surface area contributed by atoms with E-state index < -0.39 is 17.6 Å². The van der Waals surface area contributed by atoms with Crippen LogP contribution in [0.25, 0.3) is 0 Å². The van der Waals surface area contributed by atoms with Crippen molar-refractivity contribution in [2.75, 3.05) is 18.5 Å². The van der Waals surface area contributed by atoms with Crippen molar-refractivity contribution in [3.8, 4) is 0 Å². The van der Waals surface area contributed by atoms with Crippen molar-refractivity contribution in [3.05, 3.63) is 29.3 Å². The SMILES string of the molecule is Cc1ccc(C)c(NC(=O)C(=O)NC[C@@H]2COC3(CCCC3)O2)c1. The number of hydrogen-bond acceptors (Lipinski definition) is 4. The van der Waals surface area contributed by atoms with Crippen LogP contribution in [0.3, 0.4) is 0 Å². The molecule has 1 saturated carbocycles. The fourth-order valence-electron chi connectivity index (χ4n) is 3.23. The quantitative estimate of drug-likeness (QED) is 0.831. The molecule has 0 aromatic heterocycles. The first-order valence-electron chi connectivity index (χ1n) is 8.46. The van der Waals surface area contributed by atoms with Gasteiger partial charge in [-0.1, -0.05) is 12.1 Å². The fourth-order valence-corrected chi connectivity index (χ4v) is 3.23. The van der Waals surface area contributed by atoms with E-state index in [0.717, 1.165) is 36.8 Å². The number of hydrogen-bond donors (Lipinski definition) is 2. The fraction of sp³-hybridized carbons (Fsp3) is 0.556. The van der Waals surface area contributed by atoms with E-state index in [-0.39, 0.29) is 12.6 Å². The lowest BCUT2D eigenvalue weighted by Crippen LogP contribution is -2.40. The molecule has 0 radical (unpaired) electrons. The zero-order chi connectivity index (χ0) is 17.2. The number of ether oxygens (including phenoxy) is 2. The maximum absolute atomic E-state index is 12.0. The number of rotatable bonds is 3.